The molecule has 1 saturated heterocycles. The average Bonchev–Trinajstić information content (AvgIpc) is 3.24. The molecule has 1 aliphatic rings. The summed E-state index contributed by atoms with van der Waals surface area (Å²) < 4.78 is 0. The van der Waals surface area contributed by atoms with Gasteiger partial charge in [-0.2, -0.15) is 0 Å². The molecule has 0 aromatic carbocycles. The molecule has 1 heterocycles. The average molecular weight is 470 g/mol. The number of hydrogen-bond donors (Lipinski definition) is 5. The fourth-order valence-electron chi connectivity index (χ4n) is 3.81. The standard InChI is InChI=1S/C22H39N5O6/c1-5-13(4)18(21(31)27-10-6-7-16(27)22(32)33)26-20(30)15(11-12(2)3)25-19(29)14(23)8-9-17(24)28/h12-16,18H,5-11,23H2,1-4H3,(H2,24,28)(H,25,29)(H,26,30)(H,32,33). The molecule has 0 spiro atoms. The van der Waals surface area contributed by atoms with Gasteiger partial charge in [0.2, 0.25) is 23.6 Å². The number of nitrogens with one attached hydrogen (secondary N) is 2. The Morgan fingerprint density at radius 1 is 1.09 bits per heavy atom. The van der Waals surface area contributed by atoms with Crippen LogP contribution < -0.4 is 22.1 Å². The maximum atomic E-state index is 13.2. The number of nitrogens with zero attached hydrogens (tertiary/aromatic N) is 1. The molecule has 11 heteroatoms. The van der Waals surface area contributed by atoms with Crippen molar-refractivity contribution in [3.8, 4) is 0 Å². The van der Waals surface area contributed by atoms with E-state index < -0.39 is 53.8 Å². The van der Waals surface area contributed by atoms with Crippen LogP contribution in [0, 0.1) is 11.8 Å². The van der Waals surface area contributed by atoms with Gasteiger partial charge in [0.15, 0.2) is 0 Å². The largest absolute Gasteiger partial charge is 0.480 e. The van der Waals surface area contributed by atoms with Crippen molar-refractivity contribution in [3.05, 3.63) is 0 Å². The van der Waals surface area contributed by atoms with Crippen LogP contribution >= 0.6 is 0 Å². The van der Waals surface area contributed by atoms with E-state index in [-0.39, 0.29) is 24.7 Å². The summed E-state index contributed by atoms with van der Waals surface area (Å²) in [6.45, 7) is 7.78. The third-order valence-electron chi connectivity index (χ3n) is 5.98. The first-order chi connectivity index (χ1) is 15.4. The van der Waals surface area contributed by atoms with Gasteiger partial charge in [0.25, 0.3) is 0 Å². The maximum Gasteiger partial charge on any atom is 0.326 e. The van der Waals surface area contributed by atoms with E-state index in [1.54, 1.807) is 0 Å². The van der Waals surface area contributed by atoms with Gasteiger partial charge in [-0.1, -0.05) is 34.1 Å². The molecule has 0 aromatic rings. The number of carboxylic acids is 1. The molecule has 0 radical (unpaired) electrons. The third kappa shape index (κ3) is 8.64. The lowest BCUT2D eigenvalue weighted by Gasteiger charge is -2.32. The number of carbonyl (C=O) groups is 5. The predicted octanol–water partition coefficient (Wildman–Crippen LogP) is -0.283. The van der Waals surface area contributed by atoms with E-state index in [2.05, 4.69) is 10.6 Å². The van der Waals surface area contributed by atoms with E-state index in [0.717, 1.165) is 0 Å². The second kappa shape index (κ2) is 13.1. The molecule has 0 bridgehead atoms. The van der Waals surface area contributed by atoms with Crippen molar-refractivity contribution >= 4 is 29.6 Å². The van der Waals surface area contributed by atoms with E-state index in [4.69, 9.17) is 11.5 Å². The first kappa shape index (κ1) is 28.3. The Morgan fingerprint density at radius 3 is 2.24 bits per heavy atom. The summed E-state index contributed by atoms with van der Waals surface area (Å²) in [5.74, 6) is -3.40. The summed E-state index contributed by atoms with van der Waals surface area (Å²) in [6, 6.07) is -3.77. The number of carbonyl (C=O) groups excluding carboxylic acids is 4. The molecule has 188 valence electrons. The van der Waals surface area contributed by atoms with Gasteiger partial charge < -0.3 is 32.1 Å². The molecule has 7 N–H and O–H groups in total. The van der Waals surface area contributed by atoms with Gasteiger partial charge in [0, 0.05) is 13.0 Å². The summed E-state index contributed by atoms with van der Waals surface area (Å²) in [4.78, 5) is 62.6. The topological polar surface area (TPSA) is 185 Å². The first-order valence-corrected chi connectivity index (χ1v) is 11.6. The van der Waals surface area contributed by atoms with Crippen molar-refractivity contribution in [3.63, 3.8) is 0 Å². The number of aliphatic carboxylic acids is 1. The molecule has 5 atom stereocenters. The van der Waals surface area contributed by atoms with E-state index in [1.165, 1.54) is 4.90 Å². The molecular formula is C22H39N5O6. The summed E-state index contributed by atoms with van der Waals surface area (Å²) in [5, 5.41) is 14.8. The summed E-state index contributed by atoms with van der Waals surface area (Å²) in [5.41, 5.74) is 10.9. The molecule has 11 nitrogen and oxygen atoms in total. The van der Waals surface area contributed by atoms with Crippen LogP contribution in [-0.2, 0) is 24.0 Å². The monoisotopic (exact) mass is 469 g/mol. The zero-order chi connectivity index (χ0) is 25.3. The Bertz CT molecular complexity index is 728. The van der Waals surface area contributed by atoms with Crippen LogP contribution in [0.5, 0.6) is 0 Å². The Balaban J connectivity index is 2.99. The smallest absolute Gasteiger partial charge is 0.326 e. The molecule has 1 rings (SSSR count). The lowest BCUT2D eigenvalue weighted by atomic mass is 9.96. The number of nitrogens with two attached hydrogens (primary N) is 2. The lowest BCUT2D eigenvalue weighted by molar-refractivity contribution is -0.150. The zero-order valence-electron chi connectivity index (χ0n) is 20.0. The predicted molar refractivity (Wildman–Crippen MR) is 122 cm³/mol. The Kier molecular flexibility index (Phi) is 11.3. The molecule has 33 heavy (non-hydrogen) atoms. The second-order valence-electron chi connectivity index (χ2n) is 9.20. The number of hydrogen-bond acceptors (Lipinski definition) is 6. The normalized spacial score (nSPS) is 19.5. The Morgan fingerprint density at radius 2 is 1.73 bits per heavy atom. The highest BCUT2D eigenvalue weighted by Crippen LogP contribution is 2.21. The van der Waals surface area contributed by atoms with Crippen molar-refractivity contribution < 1.29 is 29.1 Å². The van der Waals surface area contributed by atoms with Gasteiger partial charge >= 0.3 is 5.97 Å². The van der Waals surface area contributed by atoms with Crippen molar-refractivity contribution in [2.75, 3.05) is 6.54 Å². The van der Waals surface area contributed by atoms with Crippen LogP contribution in [0.25, 0.3) is 0 Å². The minimum atomic E-state index is -1.06. The number of carboxylic acid groups (broad SMARTS) is 1. The second-order valence-corrected chi connectivity index (χ2v) is 9.20. The summed E-state index contributed by atoms with van der Waals surface area (Å²) >= 11 is 0. The molecule has 0 aliphatic carbocycles. The van der Waals surface area contributed by atoms with Gasteiger partial charge in [-0.05, 0) is 37.5 Å². The number of likely N-dealkylation sites (tertiary alicyclic amines) is 1. The zero-order valence-corrected chi connectivity index (χ0v) is 20.0. The van der Waals surface area contributed by atoms with Crippen LogP contribution in [0.2, 0.25) is 0 Å². The minimum Gasteiger partial charge on any atom is -0.480 e. The van der Waals surface area contributed by atoms with E-state index in [0.29, 0.717) is 32.2 Å². The summed E-state index contributed by atoms with van der Waals surface area (Å²) in [7, 11) is 0. The van der Waals surface area contributed by atoms with Crippen LogP contribution in [0.3, 0.4) is 0 Å². The maximum absolute atomic E-state index is 13.2. The molecule has 5 unspecified atom stereocenters. The Labute approximate surface area is 195 Å². The van der Waals surface area contributed by atoms with Gasteiger partial charge in [-0.15, -0.1) is 0 Å². The minimum absolute atomic E-state index is 0.0515. The number of rotatable bonds is 13. The lowest BCUT2D eigenvalue weighted by Crippen LogP contribution is -2.59. The highest BCUT2D eigenvalue weighted by Gasteiger charge is 2.40. The SMILES string of the molecule is CCC(C)C(NC(=O)C(CC(C)C)NC(=O)C(N)CCC(N)=O)C(=O)N1CCCC1C(=O)O. The fourth-order valence-corrected chi connectivity index (χ4v) is 3.81. The highest BCUT2D eigenvalue weighted by atomic mass is 16.4. The van der Waals surface area contributed by atoms with Crippen LogP contribution in [0.4, 0.5) is 0 Å². The molecule has 1 aliphatic heterocycles. The van der Waals surface area contributed by atoms with E-state index >= 15 is 0 Å². The quantitative estimate of drug-likeness (QED) is 0.245. The van der Waals surface area contributed by atoms with Crippen molar-refractivity contribution in [2.24, 2.45) is 23.3 Å². The third-order valence-corrected chi connectivity index (χ3v) is 5.98. The van der Waals surface area contributed by atoms with Crippen molar-refractivity contribution in [2.45, 2.75) is 90.4 Å². The highest BCUT2D eigenvalue weighted by molar-refractivity contribution is 5.94. The number of amides is 4. The first-order valence-electron chi connectivity index (χ1n) is 11.6. The molecule has 1 fully saturated rings. The Hall–Kier alpha value is -2.69. The van der Waals surface area contributed by atoms with E-state index in [1.807, 2.05) is 27.7 Å². The van der Waals surface area contributed by atoms with Gasteiger partial charge in [0.1, 0.15) is 18.1 Å². The summed E-state index contributed by atoms with van der Waals surface area (Å²) in [6.07, 6.45) is 1.85. The molecule has 4 amide bonds. The van der Waals surface area contributed by atoms with Crippen molar-refractivity contribution in [1.29, 1.82) is 0 Å². The van der Waals surface area contributed by atoms with Crippen LogP contribution in [0.15, 0.2) is 0 Å². The number of primary amides is 1. The molecule has 0 aromatic heterocycles. The van der Waals surface area contributed by atoms with Gasteiger partial charge in [-0.25, -0.2) is 4.79 Å². The fraction of sp³-hybridized carbons (Fsp3) is 0.773. The van der Waals surface area contributed by atoms with Crippen LogP contribution in [0.1, 0.15) is 66.2 Å². The van der Waals surface area contributed by atoms with Crippen molar-refractivity contribution in [1.82, 2.24) is 15.5 Å². The van der Waals surface area contributed by atoms with Crippen LogP contribution in [-0.4, -0.2) is 70.3 Å². The molecule has 0 saturated carbocycles. The van der Waals surface area contributed by atoms with Gasteiger partial charge in [-0.3, -0.25) is 19.2 Å². The van der Waals surface area contributed by atoms with Gasteiger partial charge in [0.05, 0.1) is 6.04 Å². The van der Waals surface area contributed by atoms with E-state index in [9.17, 15) is 29.1 Å². The molecular weight excluding hydrogens is 430 g/mol.